The molecule has 112 valence electrons. The molecule has 0 spiro atoms. The summed E-state index contributed by atoms with van der Waals surface area (Å²) < 4.78 is 18.9. The summed E-state index contributed by atoms with van der Waals surface area (Å²) in [6.07, 6.45) is 0. The van der Waals surface area contributed by atoms with Crippen LogP contribution in [-0.2, 0) is 0 Å². The topological polar surface area (TPSA) is 55.6 Å². The van der Waals surface area contributed by atoms with Gasteiger partial charge in [-0.05, 0) is 31.0 Å². The Morgan fingerprint density at radius 1 is 1.45 bits per heavy atom. The third-order valence-electron chi connectivity index (χ3n) is 3.25. The molecule has 0 aliphatic heterocycles. The first-order valence-corrected chi connectivity index (χ1v) is 6.67. The second-order valence-corrected chi connectivity index (χ2v) is 5.53. The molecule has 0 aliphatic rings. The lowest BCUT2D eigenvalue weighted by atomic mass is 9.93. The van der Waals surface area contributed by atoms with E-state index in [1.807, 2.05) is 20.8 Å². The number of methoxy groups -OCH3 is 1. The minimum atomic E-state index is -0.571. The van der Waals surface area contributed by atoms with Gasteiger partial charge >= 0.3 is 0 Å². The Morgan fingerprint density at radius 2 is 2.10 bits per heavy atom. The van der Waals surface area contributed by atoms with E-state index in [1.54, 1.807) is 11.0 Å². The van der Waals surface area contributed by atoms with E-state index in [0.717, 1.165) is 0 Å². The first-order chi connectivity index (χ1) is 9.34. The molecule has 0 saturated carbocycles. The molecule has 2 N–H and O–H groups in total. The Bertz CT molecular complexity index is 475. The number of halogens is 1. The van der Waals surface area contributed by atoms with Gasteiger partial charge < -0.3 is 15.4 Å². The van der Waals surface area contributed by atoms with E-state index in [2.05, 4.69) is 0 Å². The van der Waals surface area contributed by atoms with Crippen LogP contribution in [0.2, 0.25) is 0 Å². The standard InChI is InChI=1S/C15H23FN2O2/c1-5-18(10-15(2,3)9-17)14(19)12-7-6-11(20-4)8-13(12)16/h6-8H,5,9-10,17H2,1-4H3. The predicted molar refractivity (Wildman–Crippen MR) is 77.4 cm³/mol. The number of benzene rings is 1. The number of hydrogen-bond acceptors (Lipinski definition) is 3. The van der Waals surface area contributed by atoms with Crippen molar-refractivity contribution in [2.24, 2.45) is 11.1 Å². The van der Waals surface area contributed by atoms with Crippen LogP contribution in [0, 0.1) is 11.2 Å². The molecule has 1 amide bonds. The van der Waals surface area contributed by atoms with Gasteiger partial charge in [0.15, 0.2) is 0 Å². The lowest BCUT2D eigenvalue weighted by Gasteiger charge is -2.31. The first-order valence-electron chi connectivity index (χ1n) is 6.67. The number of carbonyl (C=O) groups excluding carboxylic acids is 1. The summed E-state index contributed by atoms with van der Waals surface area (Å²) in [5.41, 5.74) is 5.54. The van der Waals surface area contributed by atoms with Gasteiger partial charge in [-0.1, -0.05) is 13.8 Å². The van der Waals surface area contributed by atoms with Gasteiger partial charge in [-0.3, -0.25) is 4.79 Å². The van der Waals surface area contributed by atoms with Crippen molar-refractivity contribution < 1.29 is 13.9 Å². The molecular weight excluding hydrogens is 259 g/mol. The van der Waals surface area contributed by atoms with Crippen molar-refractivity contribution >= 4 is 5.91 Å². The van der Waals surface area contributed by atoms with Crippen LogP contribution >= 0.6 is 0 Å². The highest BCUT2D eigenvalue weighted by molar-refractivity contribution is 5.94. The van der Waals surface area contributed by atoms with Crippen LogP contribution in [0.1, 0.15) is 31.1 Å². The molecule has 1 aromatic carbocycles. The summed E-state index contributed by atoms with van der Waals surface area (Å²) in [6.45, 7) is 7.28. The number of nitrogens with zero attached hydrogens (tertiary/aromatic N) is 1. The zero-order valence-electron chi connectivity index (χ0n) is 12.6. The molecule has 1 aromatic rings. The maximum absolute atomic E-state index is 13.9. The van der Waals surface area contributed by atoms with Crippen molar-refractivity contribution in [3.63, 3.8) is 0 Å². The van der Waals surface area contributed by atoms with Crippen molar-refractivity contribution in [1.82, 2.24) is 4.90 Å². The summed E-state index contributed by atoms with van der Waals surface area (Å²) in [4.78, 5) is 14.0. The molecule has 0 aromatic heterocycles. The highest BCUT2D eigenvalue weighted by Crippen LogP contribution is 2.20. The van der Waals surface area contributed by atoms with E-state index < -0.39 is 5.82 Å². The summed E-state index contributed by atoms with van der Waals surface area (Å²) >= 11 is 0. The zero-order chi connectivity index (χ0) is 15.3. The Hall–Kier alpha value is -1.62. The Morgan fingerprint density at radius 3 is 2.55 bits per heavy atom. The maximum Gasteiger partial charge on any atom is 0.256 e. The fourth-order valence-electron chi connectivity index (χ4n) is 1.88. The number of rotatable bonds is 6. The Balaban J connectivity index is 2.97. The zero-order valence-corrected chi connectivity index (χ0v) is 12.6. The molecule has 0 bridgehead atoms. The average Bonchev–Trinajstić information content (AvgIpc) is 2.44. The smallest absolute Gasteiger partial charge is 0.256 e. The molecule has 0 radical (unpaired) electrons. The van der Waals surface area contributed by atoms with Crippen molar-refractivity contribution in [2.45, 2.75) is 20.8 Å². The number of ether oxygens (including phenoxy) is 1. The molecule has 0 atom stereocenters. The minimum absolute atomic E-state index is 0.0560. The summed E-state index contributed by atoms with van der Waals surface area (Å²) in [7, 11) is 1.46. The molecule has 5 heteroatoms. The molecule has 0 heterocycles. The summed E-state index contributed by atoms with van der Waals surface area (Å²) in [5.74, 6) is -0.503. The lowest BCUT2D eigenvalue weighted by molar-refractivity contribution is 0.0696. The van der Waals surface area contributed by atoms with Crippen LogP contribution in [0.3, 0.4) is 0 Å². The van der Waals surface area contributed by atoms with Crippen molar-refractivity contribution in [3.8, 4) is 5.75 Å². The van der Waals surface area contributed by atoms with Gasteiger partial charge in [-0.2, -0.15) is 0 Å². The molecule has 4 nitrogen and oxygen atoms in total. The summed E-state index contributed by atoms with van der Waals surface area (Å²) in [6, 6.07) is 4.25. The molecule has 1 rings (SSSR count). The minimum Gasteiger partial charge on any atom is -0.497 e. The number of nitrogens with two attached hydrogens (primary N) is 1. The maximum atomic E-state index is 13.9. The van der Waals surface area contributed by atoms with Gasteiger partial charge in [0.2, 0.25) is 0 Å². The predicted octanol–water partition coefficient (Wildman–Crippen LogP) is 2.28. The van der Waals surface area contributed by atoms with E-state index in [0.29, 0.717) is 25.4 Å². The molecule has 0 unspecified atom stereocenters. The van der Waals surface area contributed by atoms with Crippen LogP contribution < -0.4 is 10.5 Å². The molecule has 0 aliphatic carbocycles. The highest BCUT2D eigenvalue weighted by atomic mass is 19.1. The SMILES string of the molecule is CCN(CC(C)(C)CN)C(=O)c1ccc(OC)cc1F. The van der Waals surface area contributed by atoms with Crippen molar-refractivity contribution in [2.75, 3.05) is 26.7 Å². The van der Waals surface area contributed by atoms with Gasteiger partial charge in [0.1, 0.15) is 11.6 Å². The van der Waals surface area contributed by atoms with Gasteiger partial charge in [0.05, 0.1) is 12.7 Å². The molecule has 0 saturated heterocycles. The fraction of sp³-hybridized carbons (Fsp3) is 0.533. The number of carbonyl (C=O) groups is 1. The van der Waals surface area contributed by atoms with Crippen molar-refractivity contribution in [1.29, 1.82) is 0 Å². The van der Waals surface area contributed by atoms with Crippen LogP contribution in [0.4, 0.5) is 4.39 Å². The second-order valence-electron chi connectivity index (χ2n) is 5.53. The first kappa shape index (κ1) is 16.4. The average molecular weight is 282 g/mol. The van der Waals surface area contributed by atoms with Gasteiger partial charge in [-0.25, -0.2) is 4.39 Å². The lowest BCUT2D eigenvalue weighted by Crippen LogP contribution is -2.42. The second kappa shape index (κ2) is 6.70. The summed E-state index contributed by atoms with van der Waals surface area (Å²) in [5, 5.41) is 0. The molecule has 20 heavy (non-hydrogen) atoms. The van der Waals surface area contributed by atoms with Crippen LogP contribution in [-0.4, -0.2) is 37.6 Å². The van der Waals surface area contributed by atoms with Crippen LogP contribution in [0.5, 0.6) is 5.75 Å². The monoisotopic (exact) mass is 282 g/mol. The normalized spacial score (nSPS) is 11.3. The van der Waals surface area contributed by atoms with E-state index in [9.17, 15) is 9.18 Å². The fourth-order valence-corrected chi connectivity index (χ4v) is 1.88. The largest absolute Gasteiger partial charge is 0.497 e. The molecular formula is C15H23FN2O2. The van der Waals surface area contributed by atoms with E-state index in [4.69, 9.17) is 10.5 Å². The number of amides is 1. The van der Waals surface area contributed by atoms with Gasteiger partial charge in [0.25, 0.3) is 5.91 Å². The Labute approximate surface area is 119 Å². The van der Waals surface area contributed by atoms with Crippen LogP contribution in [0.15, 0.2) is 18.2 Å². The Kier molecular flexibility index (Phi) is 5.51. The van der Waals surface area contributed by atoms with Crippen molar-refractivity contribution in [3.05, 3.63) is 29.6 Å². The van der Waals surface area contributed by atoms with Gasteiger partial charge in [-0.15, -0.1) is 0 Å². The van der Waals surface area contributed by atoms with Crippen LogP contribution in [0.25, 0.3) is 0 Å². The quantitative estimate of drug-likeness (QED) is 0.871. The van der Waals surface area contributed by atoms with E-state index >= 15 is 0 Å². The third kappa shape index (κ3) is 3.93. The van der Waals surface area contributed by atoms with Gasteiger partial charge in [0, 0.05) is 19.2 Å². The van der Waals surface area contributed by atoms with E-state index in [1.165, 1.54) is 19.2 Å². The third-order valence-corrected chi connectivity index (χ3v) is 3.25. The molecule has 0 fully saturated rings. The highest BCUT2D eigenvalue weighted by Gasteiger charge is 2.25. The van der Waals surface area contributed by atoms with E-state index in [-0.39, 0.29) is 16.9 Å². The number of hydrogen-bond donors (Lipinski definition) is 1.